The van der Waals surface area contributed by atoms with Gasteiger partial charge in [-0.3, -0.25) is 14.4 Å². The Balaban J connectivity index is 1.43. The molecule has 0 spiro atoms. The average Bonchev–Trinajstić information content (AvgIpc) is 3.18. The fourth-order valence-corrected chi connectivity index (χ4v) is 4.96. The molecular formula is C20H25N3O5S. The highest BCUT2D eigenvalue weighted by molar-refractivity contribution is 8.01. The van der Waals surface area contributed by atoms with E-state index in [1.807, 2.05) is 32.9 Å². The molecule has 156 valence electrons. The maximum Gasteiger partial charge on any atom is 0.330 e. The summed E-state index contributed by atoms with van der Waals surface area (Å²) in [6.07, 6.45) is 1.12. The van der Waals surface area contributed by atoms with Gasteiger partial charge in [0, 0.05) is 17.9 Å². The van der Waals surface area contributed by atoms with Gasteiger partial charge in [0.05, 0.1) is 11.4 Å². The van der Waals surface area contributed by atoms with Gasteiger partial charge in [-0.05, 0) is 44.4 Å². The van der Waals surface area contributed by atoms with Crippen molar-refractivity contribution < 1.29 is 23.9 Å². The van der Waals surface area contributed by atoms with E-state index in [-0.39, 0.29) is 23.2 Å². The SMILES string of the molecule is Cc1cccc(NC(=O)CNC(=O)COC(=O)[C@@H]2CS[C@]3(C)CCC(=O)N23)c1C. The van der Waals surface area contributed by atoms with Crippen LogP contribution in [-0.4, -0.2) is 58.4 Å². The first-order valence-electron chi connectivity index (χ1n) is 9.47. The number of carbonyl (C=O) groups is 4. The molecule has 3 rings (SSSR count). The Labute approximate surface area is 173 Å². The van der Waals surface area contributed by atoms with Crippen LogP contribution in [0.25, 0.3) is 0 Å². The quantitative estimate of drug-likeness (QED) is 0.675. The van der Waals surface area contributed by atoms with Gasteiger partial charge in [0.25, 0.3) is 5.91 Å². The van der Waals surface area contributed by atoms with E-state index >= 15 is 0 Å². The minimum Gasteiger partial charge on any atom is -0.454 e. The lowest BCUT2D eigenvalue weighted by Gasteiger charge is -2.29. The van der Waals surface area contributed by atoms with Gasteiger partial charge in [-0.2, -0.15) is 0 Å². The highest BCUT2D eigenvalue weighted by atomic mass is 32.2. The Kier molecular flexibility index (Phi) is 6.16. The largest absolute Gasteiger partial charge is 0.454 e. The third kappa shape index (κ3) is 4.55. The van der Waals surface area contributed by atoms with E-state index in [2.05, 4.69) is 10.6 Å². The van der Waals surface area contributed by atoms with Gasteiger partial charge in [-0.25, -0.2) is 4.79 Å². The minimum atomic E-state index is -0.666. The molecular weight excluding hydrogens is 394 g/mol. The molecule has 9 heteroatoms. The van der Waals surface area contributed by atoms with Gasteiger partial charge in [-0.1, -0.05) is 12.1 Å². The van der Waals surface area contributed by atoms with Crippen molar-refractivity contribution >= 4 is 41.1 Å². The molecule has 2 aliphatic rings. The van der Waals surface area contributed by atoms with Crippen LogP contribution in [0.15, 0.2) is 18.2 Å². The number of hydrogen-bond acceptors (Lipinski definition) is 6. The molecule has 8 nitrogen and oxygen atoms in total. The molecule has 2 N–H and O–H groups in total. The zero-order chi connectivity index (χ0) is 21.2. The van der Waals surface area contributed by atoms with Crippen LogP contribution in [0.4, 0.5) is 5.69 Å². The molecule has 0 aromatic heterocycles. The summed E-state index contributed by atoms with van der Waals surface area (Å²) in [5.74, 6) is -1.14. The Hall–Kier alpha value is -2.55. The predicted molar refractivity (Wildman–Crippen MR) is 109 cm³/mol. The van der Waals surface area contributed by atoms with Crippen LogP contribution in [0.3, 0.4) is 0 Å². The molecule has 2 heterocycles. The van der Waals surface area contributed by atoms with E-state index in [1.54, 1.807) is 22.7 Å². The molecule has 1 aromatic carbocycles. The number of aryl methyl sites for hydroxylation is 1. The van der Waals surface area contributed by atoms with E-state index < -0.39 is 24.5 Å². The second-order valence-electron chi connectivity index (χ2n) is 7.45. The van der Waals surface area contributed by atoms with Crippen molar-refractivity contribution in [3.05, 3.63) is 29.3 Å². The van der Waals surface area contributed by atoms with Crippen molar-refractivity contribution in [1.29, 1.82) is 0 Å². The number of anilines is 1. The van der Waals surface area contributed by atoms with Crippen molar-refractivity contribution in [3.8, 4) is 0 Å². The number of esters is 1. The summed E-state index contributed by atoms with van der Waals surface area (Å²) in [7, 11) is 0. The Morgan fingerprint density at radius 2 is 2.03 bits per heavy atom. The molecule has 1 aromatic rings. The number of nitrogens with one attached hydrogen (secondary N) is 2. The Morgan fingerprint density at radius 3 is 2.79 bits per heavy atom. The van der Waals surface area contributed by atoms with Crippen molar-refractivity contribution in [3.63, 3.8) is 0 Å². The van der Waals surface area contributed by atoms with E-state index in [4.69, 9.17) is 4.74 Å². The molecule has 0 aliphatic carbocycles. The first-order valence-corrected chi connectivity index (χ1v) is 10.5. The van der Waals surface area contributed by atoms with Gasteiger partial charge in [0.2, 0.25) is 11.8 Å². The van der Waals surface area contributed by atoms with Crippen LogP contribution in [-0.2, 0) is 23.9 Å². The topological polar surface area (TPSA) is 105 Å². The molecule has 29 heavy (non-hydrogen) atoms. The molecule has 0 saturated carbocycles. The molecule has 0 unspecified atom stereocenters. The maximum atomic E-state index is 12.3. The van der Waals surface area contributed by atoms with Crippen molar-refractivity contribution in [2.45, 2.75) is 44.5 Å². The second kappa shape index (κ2) is 8.44. The number of ether oxygens (including phenoxy) is 1. The van der Waals surface area contributed by atoms with Crippen molar-refractivity contribution in [1.82, 2.24) is 10.2 Å². The van der Waals surface area contributed by atoms with Crippen molar-refractivity contribution in [2.75, 3.05) is 24.2 Å². The summed E-state index contributed by atoms with van der Waals surface area (Å²) < 4.78 is 5.08. The fourth-order valence-electron chi connectivity index (χ4n) is 3.54. The molecule has 2 aliphatic heterocycles. The standard InChI is InChI=1S/C20H25N3O5S/c1-12-5-4-6-14(13(12)2)22-16(24)9-21-17(25)10-28-19(27)15-11-29-20(3)8-7-18(26)23(15)20/h4-6,15H,7-11H2,1-3H3,(H,21,25)(H,22,24)/t15-,20+/m0/s1. The normalized spacial score (nSPS) is 22.9. The van der Waals surface area contributed by atoms with Gasteiger partial charge in [-0.15, -0.1) is 11.8 Å². The third-order valence-electron chi connectivity index (χ3n) is 5.39. The van der Waals surface area contributed by atoms with Crippen LogP contribution in [0.5, 0.6) is 0 Å². The number of amides is 3. The van der Waals surface area contributed by atoms with Gasteiger partial charge >= 0.3 is 5.97 Å². The fraction of sp³-hybridized carbons (Fsp3) is 0.500. The zero-order valence-electron chi connectivity index (χ0n) is 16.7. The monoisotopic (exact) mass is 419 g/mol. The second-order valence-corrected chi connectivity index (χ2v) is 8.95. The number of carbonyl (C=O) groups excluding carboxylic acids is 4. The minimum absolute atomic E-state index is 0.0629. The van der Waals surface area contributed by atoms with E-state index in [1.165, 1.54) is 0 Å². The maximum absolute atomic E-state index is 12.3. The summed E-state index contributed by atoms with van der Waals surface area (Å²) in [4.78, 5) is 49.6. The summed E-state index contributed by atoms with van der Waals surface area (Å²) >= 11 is 1.56. The molecule has 3 amide bonds. The lowest BCUT2D eigenvalue weighted by molar-refractivity contribution is -0.156. The van der Waals surface area contributed by atoms with Crippen LogP contribution in [0, 0.1) is 13.8 Å². The first kappa shape index (κ1) is 21.2. The van der Waals surface area contributed by atoms with E-state index in [0.717, 1.165) is 11.1 Å². The smallest absolute Gasteiger partial charge is 0.330 e. The lowest BCUT2D eigenvalue weighted by Crippen LogP contribution is -2.47. The highest BCUT2D eigenvalue weighted by Gasteiger charge is 2.53. The summed E-state index contributed by atoms with van der Waals surface area (Å²) in [5.41, 5.74) is 2.70. The average molecular weight is 420 g/mol. The number of nitrogens with zero attached hydrogens (tertiary/aromatic N) is 1. The van der Waals surface area contributed by atoms with Gasteiger partial charge in [0.15, 0.2) is 6.61 Å². The van der Waals surface area contributed by atoms with Gasteiger partial charge in [0.1, 0.15) is 6.04 Å². The molecule has 0 radical (unpaired) electrons. The highest BCUT2D eigenvalue weighted by Crippen LogP contribution is 2.47. The zero-order valence-corrected chi connectivity index (χ0v) is 17.6. The third-order valence-corrected chi connectivity index (χ3v) is 6.89. The summed E-state index contributed by atoms with van der Waals surface area (Å²) in [6.45, 7) is 5.07. The summed E-state index contributed by atoms with van der Waals surface area (Å²) in [6, 6.07) is 4.91. The van der Waals surface area contributed by atoms with E-state index in [9.17, 15) is 19.2 Å². The Morgan fingerprint density at radius 1 is 1.28 bits per heavy atom. The number of fused-ring (bicyclic) bond motifs is 1. The van der Waals surface area contributed by atoms with Crippen LogP contribution < -0.4 is 10.6 Å². The number of rotatable bonds is 6. The van der Waals surface area contributed by atoms with Crippen LogP contribution in [0.1, 0.15) is 30.9 Å². The number of benzene rings is 1. The number of hydrogen-bond donors (Lipinski definition) is 2. The van der Waals surface area contributed by atoms with Crippen LogP contribution >= 0.6 is 11.8 Å². The van der Waals surface area contributed by atoms with Crippen LogP contribution in [0.2, 0.25) is 0 Å². The molecule has 2 fully saturated rings. The molecule has 0 bridgehead atoms. The van der Waals surface area contributed by atoms with Gasteiger partial charge < -0.3 is 20.3 Å². The molecule has 2 saturated heterocycles. The molecule has 2 atom stereocenters. The predicted octanol–water partition coefficient (Wildman–Crippen LogP) is 1.36. The number of thioether (sulfide) groups is 1. The lowest BCUT2D eigenvalue weighted by atomic mass is 10.1. The Bertz CT molecular complexity index is 859. The van der Waals surface area contributed by atoms with Crippen molar-refractivity contribution in [2.24, 2.45) is 0 Å². The van der Waals surface area contributed by atoms with E-state index in [0.29, 0.717) is 24.3 Å². The summed E-state index contributed by atoms with van der Waals surface area (Å²) in [5, 5.41) is 5.17. The first-order chi connectivity index (χ1) is 13.7.